The molecule has 0 aliphatic heterocycles. The number of nitro groups is 1. The third kappa shape index (κ3) is 3.81. The highest BCUT2D eigenvalue weighted by atomic mass is 16.6. The molecule has 0 aliphatic carbocycles. The van der Waals surface area contributed by atoms with E-state index in [1.807, 2.05) is 19.1 Å². The molecule has 9 nitrogen and oxygen atoms in total. The molecule has 0 bridgehead atoms. The smallest absolute Gasteiger partial charge is 0.420 e. The highest BCUT2D eigenvalue weighted by Gasteiger charge is 2.17. The van der Waals surface area contributed by atoms with E-state index in [2.05, 4.69) is 0 Å². The van der Waals surface area contributed by atoms with Gasteiger partial charge in [-0.2, -0.15) is 0 Å². The summed E-state index contributed by atoms with van der Waals surface area (Å²) < 4.78 is 16.5. The van der Waals surface area contributed by atoms with Gasteiger partial charge in [-0.25, -0.2) is 4.79 Å². The van der Waals surface area contributed by atoms with E-state index >= 15 is 0 Å². The van der Waals surface area contributed by atoms with Gasteiger partial charge < -0.3 is 13.9 Å². The summed E-state index contributed by atoms with van der Waals surface area (Å²) in [6.07, 6.45) is 0. The van der Waals surface area contributed by atoms with Crippen molar-refractivity contribution in [2.24, 2.45) is 0 Å². The van der Waals surface area contributed by atoms with Crippen LogP contribution in [0.1, 0.15) is 11.1 Å². The van der Waals surface area contributed by atoms with E-state index in [1.54, 1.807) is 6.07 Å². The van der Waals surface area contributed by atoms with Gasteiger partial charge >= 0.3 is 11.7 Å². The monoisotopic (exact) mass is 372 g/mol. The normalized spacial score (nSPS) is 10.7. The number of methoxy groups -OCH3 is 1. The quantitative estimate of drug-likeness (QED) is 0.371. The van der Waals surface area contributed by atoms with Crippen LogP contribution >= 0.6 is 0 Å². The van der Waals surface area contributed by atoms with Crippen LogP contribution < -0.4 is 10.5 Å². The van der Waals surface area contributed by atoms with Crippen LogP contribution in [-0.4, -0.2) is 22.6 Å². The molecule has 0 saturated heterocycles. The molecule has 1 aromatic heterocycles. The zero-order valence-electron chi connectivity index (χ0n) is 14.6. The largest absolute Gasteiger partial charge is 0.496 e. The van der Waals surface area contributed by atoms with Crippen molar-refractivity contribution in [2.45, 2.75) is 20.1 Å². The molecule has 0 N–H and O–H groups in total. The van der Waals surface area contributed by atoms with Crippen LogP contribution in [0.3, 0.4) is 0 Å². The first-order chi connectivity index (χ1) is 12.9. The summed E-state index contributed by atoms with van der Waals surface area (Å²) >= 11 is 0. The van der Waals surface area contributed by atoms with Crippen molar-refractivity contribution in [1.82, 2.24) is 4.57 Å². The van der Waals surface area contributed by atoms with Crippen LogP contribution in [-0.2, 0) is 22.7 Å². The number of oxazole rings is 1. The average Bonchev–Trinajstić information content (AvgIpc) is 2.94. The maximum absolute atomic E-state index is 12.2. The van der Waals surface area contributed by atoms with Crippen molar-refractivity contribution < 1.29 is 23.6 Å². The number of ether oxygens (including phenoxy) is 2. The van der Waals surface area contributed by atoms with Crippen molar-refractivity contribution in [3.8, 4) is 5.75 Å². The second-order valence-corrected chi connectivity index (χ2v) is 5.84. The zero-order chi connectivity index (χ0) is 19.6. The first kappa shape index (κ1) is 18.2. The summed E-state index contributed by atoms with van der Waals surface area (Å²) in [6.45, 7) is 1.51. The second kappa shape index (κ2) is 7.32. The molecule has 1 heterocycles. The molecule has 0 radical (unpaired) electrons. The second-order valence-electron chi connectivity index (χ2n) is 5.84. The molecule has 2 aromatic carbocycles. The number of carbonyl (C=O) groups excluding carboxylic acids is 1. The standard InChI is InChI=1S/C18H16N2O7/c1-11-3-6-15(25-2)12(7-11)10-26-17(21)9-19-14-5-4-13(20(23)24)8-16(14)27-18(19)22/h3-8H,9-10H2,1-2H3. The number of rotatable bonds is 6. The van der Waals surface area contributed by atoms with Crippen LogP contribution in [0.25, 0.3) is 11.1 Å². The minimum atomic E-state index is -0.796. The summed E-state index contributed by atoms with van der Waals surface area (Å²) in [5.41, 5.74) is 1.78. The Labute approximate surface area is 152 Å². The van der Waals surface area contributed by atoms with E-state index in [9.17, 15) is 19.7 Å². The number of nitro benzene ring substituents is 1. The fraction of sp³-hybridized carbons (Fsp3) is 0.222. The fourth-order valence-corrected chi connectivity index (χ4v) is 2.67. The van der Waals surface area contributed by atoms with E-state index < -0.39 is 16.6 Å². The zero-order valence-corrected chi connectivity index (χ0v) is 14.6. The molecule has 140 valence electrons. The molecule has 0 unspecified atom stereocenters. The van der Waals surface area contributed by atoms with E-state index in [-0.39, 0.29) is 29.9 Å². The summed E-state index contributed by atoms with van der Waals surface area (Å²) in [6, 6.07) is 9.22. The molecule has 3 aromatic rings. The van der Waals surface area contributed by atoms with E-state index in [0.29, 0.717) is 11.3 Å². The maximum atomic E-state index is 12.2. The Morgan fingerprint density at radius 1 is 1.26 bits per heavy atom. The lowest BCUT2D eigenvalue weighted by Gasteiger charge is -2.10. The molecule has 0 amide bonds. The Kier molecular flexibility index (Phi) is 4.93. The van der Waals surface area contributed by atoms with Gasteiger partial charge in [-0.15, -0.1) is 0 Å². The summed E-state index contributed by atoms with van der Waals surface area (Å²) in [5.74, 6) is -0.857. The van der Waals surface area contributed by atoms with Crippen LogP contribution in [0.5, 0.6) is 5.75 Å². The molecule has 0 saturated carbocycles. The number of aryl methyl sites for hydroxylation is 1. The number of aromatic nitrogens is 1. The maximum Gasteiger partial charge on any atom is 0.420 e. The van der Waals surface area contributed by atoms with E-state index in [1.165, 1.54) is 19.2 Å². The lowest BCUT2D eigenvalue weighted by atomic mass is 10.1. The Morgan fingerprint density at radius 3 is 2.74 bits per heavy atom. The van der Waals surface area contributed by atoms with Gasteiger partial charge in [-0.1, -0.05) is 11.6 Å². The van der Waals surface area contributed by atoms with Gasteiger partial charge in [0.05, 0.1) is 23.6 Å². The highest BCUT2D eigenvalue weighted by Crippen LogP contribution is 2.22. The van der Waals surface area contributed by atoms with Crippen LogP contribution in [0.15, 0.2) is 45.6 Å². The predicted molar refractivity (Wildman–Crippen MR) is 94.7 cm³/mol. The first-order valence-electron chi connectivity index (χ1n) is 7.96. The minimum absolute atomic E-state index is 0.0142. The van der Waals surface area contributed by atoms with Gasteiger partial charge in [-0.05, 0) is 25.1 Å². The number of carbonyl (C=O) groups is 1. The Balaban J connectivity index is 1.77. The van der Waals surface area contributed by atoms with Gasteiger partial charge in [0.25, 0.3) is 5.69 Å². The molecular weight excluding hydrogens is 356 g/mol. The number of hydrogen-bond acceptors (Lipinski definition) is 7. The van der Waals surface area contributed by atoms with Gasteiger partial charge in [0.15, 0.2) is 5.58 Å². The number of benzene rings is 2. The number of esters is 1. The Bertz CT molecular complexity index is 1080. The van der Waals surface area contributed by atoms with Crippen molar-refractivity contribution in [2.75, 3.05) is 7.11 Å². The minimum Gasteiger partial charge on any atom is -0.496 e. The van der Waals surface area contributed by atoms with Crippen molar-refractivity contribution in [3.63, 3.8) is 0 Å². The van der Waals surface area contributed by atoms with Crippen LogP contribution in [0, 0.1) is 17.0 Å². The fourth-order valence-electron chi connectivity index (χ4n) is 2.67. The topological polar surface area (TPSA) is 114 Å². The first-order valence-corrected chi connectivity index (χ1v) is 7.96. The number of non-ortho nitro benzene ring substituents is 1. The molecule has 9 heteroatoms. The van der Waals surface area contributed by atoms with E-state index in [4.69, 9.17) is 13.9 Å². The molecule has 27 heavy (non-hydrogen) atoms. The third-order valence-corrected chi connectivity index (χ3v) is 3.97. The molecule has 0 fully saturated rings. The lowest BCUT2D eigenvalue weighted by molar-refractivity contribution is -0.384. The molecule has 3 rings (SSSR count). The van der Waals surface area contributed by atoms with Crippen molar-refractivity contribution in [3.05, 3.63) is 68.2 Å². The molecular formula is C18H16N2O7. The summed E-state index contributed by atoms with van der Waals surface area (Å²) in [7, 11) is 1.52. The van der Waals surface area contributed by atoms with Gasteiger partial charge in [0, 0.05) is 11.6 Å². The Hall–Kier alpha value is -3.62. The Morgan fingerprint density at radius 2 is 2.04 bits per heavy atom. The van der Waals surface area contributed by atoms with Crippen molar-refractivity contribution in [1.29, 1.82) is 0 Å². The highest BCUT2D eigenvalue weighted by molar-refractivity contribution is 5.78. The third-order valence-electron chi connectivity index (χ3n) is 3.97. The summed E-state index contributed by atoms with van der Waals surface area (Å²) in [4.78, 5) is 34.3. The SMILES string of the molecule is COc1ccc(C)cc1COC(=O)Cn1c(=O)oc2cc([N+](=O)[O-])ccc21. The van der Waals surface area contributed by atoms with Gasteiger partial charge in [0.1, 0.15) is 18.9 Å². The van der Waals surface area contributed by atoms with E-state index in [0.717, 1.165) is 16.2 Å². The number of fused-ring (bicyclic) bond motifs is 1. The molecule has 0 spiro atoms. The summed E-state index contributed by atoms with van der Waals surface area (Å²) in [5, 5.41) is 10.8. The molecule has 0 atom stereocenters. The molecule has 0 aliphatic rings. The van der Waals surface area contributed by atoms with Crippen molar-refractivity contribution >= 4 is 22.8 Å². The lowest BCUT2D eigenvalue weighted by Crippen LogP contribution is -2.21. The van der Waals surface area contributed by atoms with Gasteiger partial charge in [0.2, 0.25) is 0 Å². The predicted octanol–water partition coefficient (Wildman–Crippen LogP) is 2.56. The number of nitrogens with zero attached hydrogens (tertiary/aromatic N) is 2. The van der Waals surface area contributed by atoms with Crippen LogP contribution in [0.2, 0.25) is 0 Å². The van der Waals surface area contributed by atoms with Gasteiger partial charge in [-0.3, -0.25) is 19.5 Å². The van der Waals surface area contributed by atoms with Crippen LogP contribution in [0.4, 0.5) is 5.69 Å². The number of hydrogen-bond donors (Lipinski definition) is 0. The average molecular weight is 372 g/mol.